The van der Waals surface area contributed by atoms with Crippen molar-refractivity contribution in [1.29, 1.82) is 0 Å². The molecule has 7 heteroatoms. The van der Waals surface area contributed by atoms with E-state index in [0.29, 0.717) is 12.1 Å². The highest BCUT2D eigenvalue weighted by atomic mass is 19.4. The summed E-state index contributed by atoms with van der Waals surface area (Å²) in [6.07, 6.45) is -1.68. The monoisotopic (exact) mass is 375 g/mol. The van der Waals surface area contributed by atoms with Crippen molar-refractivity contribution in [2.45, 2.75) is 18.6 Å². The maximum absolute atomic E-state index is 12.8. The van der Waals surface area contributed by atoms with Gasteiger partial charge >= 0.3 is 12.1 Å². The number of hydrogen-bond acceptors (Lipinski definition) is 3. The first kappa shape index (κ1) is 18.7. The predicted octanol–water partition coefficient (Wildman–Crippen LogP) is 3.85. The number of nitrogens with zero attached hydrogens (tertiary/aromatic N) is 1. The number of methoxy groups -OCH3 is 1. The number of halogens is 3. The van der Waals surface area contributed by atoms with Gasteiger partial charge in [-0.1, -0.05) is 30.3 Å². The number of esters is 1. The van der Waals surface area contributed by atoms with E-state index < -0.39 is 29.7 Å². The maximum atomic E-state index is 12.8. The largest absolute Gasteiger partial charge is 0.467 e. The lowest BCUT2D eigenvalue weighted by atomic mass is 10.1. The van der Waals surface area contributed by atoms with Crippen LogP contribution < -0.4 is 4.90 Å². The molecular weight excluding hydrogens is 359 g/mol. The van der Waals surface area contributed by atoms with Crippen molar-refractivity contribution in [3.63, 3.8) is 0 Å². The molecule has 0 radical (unpaired) electrons. The highest BCUT2D eigenvalue weighted by molar-refractivity contribution is 6.09. The Labute approximate surface area is 153 Å². The third kappa shape index (κ3) is 3.86. The van der Waals surface area contributed by atoms with Gasteiger partial charge in [-0.2, -0.15) is 13.2 Å². The number of rotatable bonds is 3. The van der Waals surface area contributed by atoms with E-state index in [-0.39, 0.29) is 5.56 Å². The van der Waals surface area contributed by atoms with E-state index in [1.165, 1.54) is 30.2 Å². The van der Waals surface area contributed by atoms with Crippen LogP contribution in [0.15, 0.2) is 54.6 Å². The third-order valence-electron chi connectivity index (χ3n) is 4.32. The van der Waals surface area contributed by atoms with Crippen LogP contribution in [0.4, 0.5) is 18.9 Å². The van der Waals surface area contributed by atoms with E-state index in [1.807, 2.05) is 6.07 Å². The molecule has 3 rings (SSSR count). The summed E-state index contributed by atoms with van der Waals surface area (Å²) >= 11 is 0. The van der Waals surface area contributed by atoms with E-state index in [2.05, 4.69) is 0 Å². The zero-order valence-corrected chi connectivity index (χ0v) is 14.4. The molecule has 2 aromatic carbocycles. The smallest absolute Gasteiger partial charge is 0.416 e. The Morgan fingerprint density at radius 1 is 1.15 bits per heavy atom. The highest BCUT2D eigenvalue weighted by Gasteiger charge is 2.38. The second-order valence-electron chi connectivity index (χ2n) is 6.04. The topological polar surface area (TPSA) is 46.6 Å². The molecular formula is C20H16F3NO3. The number of benzene rings is 2. The number of fused-ring (bicyclic) bond motifs is 1. The minimum atomic E-state index is -4.46. The molecule has 1 amide bonds. The summed E-state index contributed by atoms with van der Waals surface area (Å²) in [5, 5.41) is 0. The number of amides is 1. The van der Waals surface area contributed by atoms with Crippen molar-refractivity contribution >= 4 is 23.6 Å². The second kappa shape index (κ2) is 7.26. The molecule has 0 fully saturated rings. The fourth-order valence-corrected chi connectivity index (χ4v) is 3.05. The molecule has 0 saturated heterocycles. The fraction of sp³-hybridized carbons (Fsp3) is 0.200. The average Bonchev–Trinajstić information content (AvgIpc) is 3.04. The number of ether oxygens (including phenoxy) is 1. The van der Waals surface area contributed by atoms with E-state index in [4.69, 9.17) is 4.74 Å². The van der Waals surface area contributed by atoms with Gasteiger partial charge in [-0.3, -0.25) is 9.69 Å². The summed E-state index contributed by atoms with van der Waals surface area (Å²) < 4.78 is 43.2. The van der Waals surface area contributed by atoms with E-state index in [1.54, 1.807) is 18.2 Å². The van der Waals surface area contributed by atoms with Crippen molar-refractivity contribution in [3.05, 3.63) is 71.3 Å². The van der Waals surface area contributed by atoms with Crippen LogP contribution in [-0.2, 0) is 26.9 Å². The summed E-state index contributed by atoms with van der Waals surface area (Å²) in [4.78, 5) is 26.1. The number of alkyl halides is 3. The molecule has 0 saturated carbocycles. The van der Waals surface area contributed by atoms with Gasteiger partial charge in [0, 0.05) is 18.2 Å². The van der Waals surface area contributed by atoms with Crippen molar-refractivity contribution < 1.29 is 27.5 Å². The molecule has 1 aliphatic rings. The van der Waals surface area contributed by atoms with E-state index >= 15 is 0 Å². The Morgan fingerprint density at radius 3 is 2.59 bits per heavy atom. The summed E-state index contributed by atoms with van der Waals surface area (Å²) in [6, 6.07) is 10.9. The van der Waals surface area contributed by atoms with Gasteiger partial charge in [0.1, 0.15) is 6.04 Å². The number of hydrogen-bond donors (Lipinski definition) is 0. The van der Waals surface area contributed by atoms with Gasteiger partial charge in [-0.05, 0) is 35.4 Å². The summed E-state index contributed by atoms with van der Waals surface area (Å²) in [7, 11) is 1.24. The van der Waals surface area contributed by atoms with Crippen molar-refractivity contribution in [2.75, 3.05) is 12.0 Å². The lowest BCUT2D eigenvalue weighted by Crippen LogP contribution is -2.42. The van der Waals surface area contributed by atoms with Crippen molar-refractivity contribution in [3.8, 4) is 0 Å². The number of carbonyl (C=O) groups excluding carboxylic acids is 2. The zero-order valence-electron chi connectivity index (χ0n) is 14.4. The molecule has 0 bridgehead atoms. The van der Waals surface area contributed by atoms with Gasteiger partial charge in [0.2, 0.25) is 0 Å². The van der Waals surface area contributed by atoms with Crippen LogP contribution in [0.1, 0.15) is 16.7 Å². The van der Waals surface area contributed by atoms with Gasteiger partial charge in [-0.25, -0.2) is 4.79 Å². The van der Waals surface area contributed by atoms with Gasteiger partial charge in [0.05, 0.1) is 12.7 Å². The Kier molecular flexibility index (Phi) is 5.03. The van der Waals surface area contributed by atoms with Crippen LogP contribution in [0, 0.1) is 0 Å². The molecule has 1 heterocycles. The van der Waals surface area contributed by atoms with E-state index in [0.717, 1.165) is 23.8 Å². The van der Waals surface area contributed by atoms with Crippen LogP contribution in [0.2, 0.25) is 0 Å². The van der Waals surface area contributed by atoms with Gasteiger partial charge in [-0.15, -0.1) is 0 Å². The first-order chi connectivity index (χ1) is 12.8. The molecule has 4 nitrogen and oxygen atoms in total. The molecule has 0 N–H and O–H groups in total. The average molecular weight is 375 g/mol. The summed E-state index contributed by atoms with van der Waals surface area (Å²) in [5.74, 6) is -1.06. The minimum absolute atomic E-state index is 0.236. The Bertz CT molecular complexity index is 905. The highest BCUT2D eigenvalue weighted by Crippen LogP contribution is 2.33. The van der Waals surface area contributed by atoms with Gasteiger partial charge < -0.3 is 4.74 Å². The van der Waals surface area contributed by atoms with E-state index in [9.17, 15) is 22.8 Å². The quantitative estimate of drug-likeness (QED) is 0.605. The van der Waals surface area contributed by atoms with Crippen molar-refractivity contribution in [1.82, 2.24) is 0 Å². The summed E-state index contributed by atoms with van der Waals surface area (Å²) in [6.45, 7) is 0. The minimum Gasteiger partial charge on any atom is -0.467 e. The fourth-order valence-electron chi connectivity index (χ4n) is 3.05. The molecule has 0 spiro atoms. The molecule has 1 unspecified atom stereocenters. The normalized spacial score (nSPS) is 16.4. The third-order valence-corrected chi connectivity index (χ3v) is 4.32. The first-order valence-corrected chi connectivity index (χ1v) is 8.15. The lowest BCUT2D eigenvalue weighted by Gasteiger charge is -2.22. The standard InChI is InChI=1S/C20H16F3NO3/c1-27-19(26)17-12-14-6-2-3-8-16(14)24(17)18(25)10-9-13-5-4-7-15(11-13)20(21,22)23/h2-11,17H,12H2,1H3/b10-9+. The SMILES string of the molecule is COC(=O)C1Cc2ccccc2N1C(=O)/C=C/c1cccc(C(F)(F)F)c1. The molecule has 0 aliphatic carbocycles. The maximum Gasteiger partial charge on any atom is 0.416 e. The van der Waals surface area contributed by atoms with Crippen LogP contribution in [0.5, 0.6) is 0 Å². The molecule has 140 valence electrons. The van der Waals surface area contributed by atoms with Gasteiger partial charge in [0.15, 0.2) is 0 Å². The summed E-state index contributed by atoms with van der Waals surface area (Å²) in [5.41, 5.74) is 0.858. The zero-order chi connectivity index (χ0) is 19.6. The van der Waals surface area contributed by atoms with Crippen LogP contribution in [-0.4, -0.2) is 25.0 Å². The molecule has 0 aromatic heterocycles. The van der Waals surface area contributed by atoms with Crippen LogP contribution in [0.3, 0.4) is 0 Å². The van der Waals surface area contributed by atoms with Crippen LogP contribution in [0.25, 0.3) is 6.08 Å². The predicted molar refractivity (Wildman–Crippen MR) is 93.9 cm³/mol. The number of carbonyl (C=O) groups is 2. The molecule has 27 heavy (non-hydrogen) atoms. The Balaban J connectivity index is 1.88. The number of anilines is 1. The molecule has 1 aliphatic heterocycles. The second-order valence-corrected chi connectivity index (χ2v) is 6.04. The number of para-hydroxylation sites is 1. The van der Waals surface area contributed by atoms with Crippen LogP contribution >= 0.6 is 0 Å². The molecule has 2 aromatic rings. The molecule has 1 atom stereocenters. The van der Waals surface area contributed by atoms with Crippen molar-refractivity contribution in [2.24, 2.45) is 0 Å². The Morgan fingerprint density at radius 2 is 1.89 bits per heavy atom. The lowest BCUT2D eigenvalue weighted by molar-refractivity contribution is -0.143. The Hall–Kier alpha value is -3.09. The van der Waals surface area contributed by atoms with Gasteiger partial charge in [0.25, 0.3) is 5.91 Å². The first-order valence-electron chi connectivity index (χ1n) is 8.15.